The second kappa shape index (κ2) is 5.61. The summed E-state index contributed by atoms with van der Waals surface area (Å²) in [6, 6.07) is 2.05. The van der Waals surface area contributed by atoms with Crippen molar-refractivity contribution in [3.05, 3.63) is 27.3 Å². The molecule has 2 heterocycles. The Morgan fingerprint density at radius 1 is 1.56 bits per heavy atom. The molecule has 0 saturated heterocycles. The van der Waals surface area contributed by atoms with Crippen molar-refractivity contribution >= 4 is 27.3 Å². The molecule has 5 heteroatoms. The van der Waals surface area contributed by atoms with Crippen molar-refractivity contribution in [1.29, 1.82) is 0 Å². The summed E-state index contributed by atoms with van der Waals surface area (Å²) in [5.41, 5.74) is 2.06. The molecule has 0 fully saturated rings. The lowest BCUT2D eigenvalue weighted by atomic mass is 10.2. The van der Waals surface area contributed by atoms with E-state index in [4.69, 9.17) is 4.42 Å². The Hall–Kier alpha value is -0.650. The molecule has 0 bridgehead atoms. The Kier molecular flexibility index (Phi) is 4.15. The van der Waals surface area contributed by atoms with E-state index in [1.807, 2.05) is 0 Å². The van der Waals surface area contributed by atoms with Crippen molar-refractivity contribution < 1.29 is 4.42 Å². The van der Waals surface area contributed by atoms with E-state index in [0.29, 0.717) is 0 Å². The highest BCUT2D eigenvalue weighted by atomic mass is 79.9. The van der Waals surface area contributed by atoms with Crippen LogP contribution in [0, 0.1) is 0 Å². The molecule has 2 aromatic rings. The van der Waals surface area contributed by atoms with Gasteiger partial charge >= 0.3 is 0 Å². The van der Waals surface area contributed by atoms with Crippen LogP contribution in [-0.2, 0) is 6.54 Å². The largest absolute Gasteiger partial charge is 0.443 e. The normalized spacial score (nSPS) is 10.9. The van der Waals surface area contributed by atoms with E-state index in [9.17, 15) is 0 Å². The van der Waals surface area contributed by atoms with Gasteiger partial charge in [-0.25, -0.2) is 4.98 Å². The van der Waals surface area contributed by atoms with E-state index in [2.05, 4.69) is 44.6 Å². The van der Waals surface area contributed by atoms with Gasteiger partial charge in [0.05, 0.1) is 3.79 Å². The van der Waals surface area contributed by atoms with Gasteiger partial charge in [-0.3, -0.25) is 0 Å². The maximum Gasteiger partial charge on any atom is 0.181 e. The van der Waals surface area contributed by atoms with Crippen molar-refractivity contribution in [2.75, 3.05) is 6.54 Å². The molecular weight excluding hydrogens is 288 g/mol. The van der Waals surface area contributed by atoms with Gasteiger partial charge in [0.1, 0.15) is 5.69 Å². The summed E-state index contributed by atoms with van der Waals surface area (Å²) in [4.78, 5) is 4.23. The molecule has 0 atom stereocenters. The average molecular weight is 301 g/mol. The second-order valence-corrected chi connectivity index (χ2v) is 5.73. The average Bonchev–Trinajstić information content (AvgIpc) is 2.87. The Bertz CT molecular complexity index is 452. The van der Waals surface area contributed by atoms with E-state index < -0.39 is 0 Å². The van der Waals surface area contributed by atoms with E-state index in [1.165, 1.54) is 6.39 Å². The monoisotopic (exact) mass is 300 g/mol. The Balaban J connectivity index is 2.12. The van der Waals surface area contributed by atoms with Gasteiger partial charge in [-0.05, 0) is 35.0 Å². The fourth-order valence-electron chi connectivity index (χ4n) is 1.44. The fraction of sp³-hybridized carbons (Fsp3) is 0.364. The van der Waals surface area contributed by atoms with Crippen molar-refractivity contribution in [1.82, 2.24) is 10.3 Å². The van der Waals surface area contributed by atoms with Crippen LogP contribution < -0.4 is 5.32 Å². The minimum absolute atomic E-state index is 0.757. The predicted molar refractivity (Wildman–Crippen MR) is 69.5 cm³/mol. The first-order chi connectivity index (χ1) is 7.81. The molecule has 0 radical (unpaired) electrons. The Labute approximate surface area is 107 Å². The van der Waals surface area contributed by atoms with Crippen LogP contribution in [0.2, 0.25) is 0 Å². The van der Waals surface area contributed by atoms with Crippen LogP contribution in [0.5, 0.6) is 0 Å². The topological polar surface area (TPSA) is 38.1 Å². The lowest BCUT2D eigenvalue weighted by Gasteiger charge is -2.00. The smallest absolute Gasteiger partial charge is 0.181 e. The number of oxazole rings is 1. The molecule has 1 N–H and O–H groups in total. The molecule has 0 aliphatic carbocycles. The molecule has 0 aromatic carbocycles. The molecule has 86 valence electrons. The molecule has 0 saturated carbocycles. The van der Waals surface area contributed by atoms with Gasteiger partial charge < -0.3 is 9.73 Å². The van der Waals surface area contributed by atoms with Gasteiger partial charge in [0.2, 0.25) is 0 Å². The summed E-state index contributed by atoms with van der Waals surface area (Å²) in [7, 11) is 0. The van der Waals surface area contributed by atoms with E-state index in [0.717, 1.165) is 40.3 Å². The number of rotatable bonds is 5. The first-order valence-electron chi connectivity index (χ1n) is 5.18. The molecule has 2 rings (SSSR count). The molecule has 3 nitrogen and oxygen atoms in total. The second-order valence-electron chi connectivity index (χ2n) is 3.44. The zero-order chi connectivity index (χ0) is 11.4. The van der Waals surface area contributed by atoms with Crippen LogP contribution in [0.3, 0.4) is 0 Å². The van der Waals surface area contributed by atoms with Crippen molar-refractivity contribution in [3.63, 3.8) is 0 Å². The Morgan fingerprint density at radius 2 is 2.44 bits per heavy atom. The van der Waals surface area contributed by atoms with Gasteiger partial charge in [-0.2, -0.15) is 0 Å². The van der Waals surface area contributed by atoms with Gasteiger partial charge in [-0.1, -0.05) is 6.92 Å². The molecule has 0 unspecified atom stereocenters. The van der Waals surface area contributed by atoms with Crippen LogP contribution in [-0.4, -0.2) is 11.5 Å². The zero-order valence-electron chi connectivity index (χ0n) is 9.00. The Morgan fingerprint density at radius 3 is 3.12 bits per heavy atom. The van der Waals surface area contributed by atoms with Crippen molar-refractivity contribution in [2.45, 2.75) is 19.9 Å². The van der Waals surface area contributed by atoms with E-state index in [-0.39, 0.29) is 0 Å². The zero-order valence-corrected chi connectivity index (χ0v) is 11.4. The molecule has 0 amide bonds. The number of nitrogens with one attached hydrogen (secondary N) is 1. The van der Waals surface area contributed by atoms with Crippen LogP contribution in [0.1, 0.15) is 19.0 Å². The molecule has 0 aliphatic heterocycles. The molecular formula is C11H13BrN2OS. The molecule has 2 aromatic heterocycles. The third-order valence-electron chi connectivity index (χ3n) is 2.19. The third-order valence-corrected chi connectivity index (χ3v) is 3.69. The predicted octanol–water partition coefficient (Wildman–Crippen LogP) is 3.67. The molecule has 0 spiro atoms. The van der Waals surface area contributed by atoms with Gasteiger partial charge in [0.15, 0.2) is 12.2 Å². The highest BCUT2D eigenvalue weighted by Gasteiger charge is 2.11. The SMILES string of the molecule is CCCNCc1ncoc1-c1csc(Br)c1. The summed E-state index contributed by atoms with van der Waals surface area (Å²) in [6.45, 7) is 3.90. The fourth-order valence-corrected chi connectivity index (χ4v) is 2.58. The summed E-state index contributed by atoms with van der Waals surface area (Å²) in [6.07, 6.45) is 2.63. The first-order valence-corrected chi connectivity index (χ1v) is 6.86. The molecule has 0 aliphatic rings. The van der Waals surface area contributed by atoms with Crippen LogP contribution >= 0.6 is 27.3 Å². The number of hydrogen-bond donors (Lipinski definition) is 1. The van der Waals surface area contributed by atoms with Crippen LogP contribution in [0.4, 0.5) is 0 Å². The maximum atomic E-state index is 5.43. The summed E-state index contributed by atoms with van der Waals surface area (Å²) < 4.78 is 6.53. The maximum absolute atomic E-state index is 5.43. The first kappa shape index (κ1) is 11.8. The lowest BCUT2D eigenvalue weighted by Crippen LogP contribution is -2.14. The van der Waals surface area contributed by atoms with Gasteiger partial charge in [0.25, 0.3) is 0 Å². The van der Waals surface area contributed by atoms with Crippen molar-refractivity contribution in [2.24, 2.45) is 0 Å². The number of aromatic nitrogens is 1. The number of hydrogen-bond acceptors (Lipinski definition) is 4. The lowest BCUT2D eigenvalue weighted by molar-refractivity contribution is 0.569. The number of thiophene rings is 1. The van der Waals surface area contributed by atoms with Gasteiger partial charge in [0, 0.05) is 17.5 Å². The minimum atomic E-state index is 0.757. The number of halogens is 1. The molecule has 16 heavy (non-hydrogen) atoms. The van der Waals surface area contributed by atoms with Crippen LogP contribution in [0.25, 0.3) is 11.3 Å². The minimum Gasteiger partial charge on any atom is -0.443 e. The van der Waals surface area contributed by atoms with Crippen LogP contribution in [0.15, 0.2) is 26.0 Å². The summed E-state index contributed by atoms with van der Waals surface area (Å²) in [5.74, 6) is 0.866. The van der Waals surface area contributed by atoms with Gasteiger partial charge in [-0.15, -0.1) is 11.3 Å². The highest BCUT2D eigenvalue weighted by molar-refractivity contribution is 9.11. The summed E-state index contributed by atoms with van der Waals surface area (Å²) >= 11 is 5.10. The standard InChI is InChI=1S/C11H13BrN2OS/c1-2-3-13-5-9-11(15-7-14-9)8-4-10(12)16-6-8/h4,6-7,13H,2-3,5H2,1H3. The van der Waals surface area contributed by atoms with E-state index >= 15 is 0 Å². The number of nitrogens with zero attached hydrogens (tertiary/aromatic N) is 1. The van der Waals surface area contributed by atoms with Crippen molar-refractivity contribution in [3.8, 4) is 11.3 Å². The highest BCUT2D eigenvalue weighted by Crippen LogP contribution is 2.30. The summed E-state index contributed by atoms with van der Waals surface area (Å²) in [5, 5.41) is 5.39. The third kappa shape index (κ3) is 2.72. The quantitative estimate of drug-likeness (QED) is 0.856. The van der Waals surface area contributed by atoms with E-state index in [1.54, 1.807) is 11.3 Å².